The third kappa shape index (κ3) is 7.82. The molecule has 0 heterocycles. The van der Waals surface area contributed by atoms with Crippen molar-refractivity contribution in [1.29, 1.82) is 0 Å². The summed E-state index contributed by atoms with van der Waals surface area (Å²) in [5, 5.41) is 7.97. The maximum atomic E-state index is 4.41. The van der Waals surface area contributed by atoms with Crippen LogP contribution in [0, 0.1) is 5.92 Å². The van der Waals surface area contributed by atoms with Crippen molar-refractivity contribution in [2.45, 2.75) is 63.3 Å². The summed E-state index contributed by atoms with van der Waals surface area (Å²) in [5.41, 5.74) is 0. The first-order valence-electron chi connectivity index (χ1n) is 8.71. The van der Waals surface area contributed by atoms with Crippen molar-refractivity contribution in [2.75, 3.05) is 33.9 Å². The molecule has 0 saturated heterocycles. The van der Waals surface area contributed by atoms with Crippen LogP contribution in [0.25, 0.3) is 0 Å². The summed E-state index contributed by atoms with van der Waals surface area (Å²) in [7, 11) is 6.24. The molecule has 1 aliphatic carbocycles. The van der Waals surface area contributed by atoms with Gasteiger partial charge in [0.2, 0.25) is 0 Å². The molecule has 1 rings (SSSR count). The van der Waals surface area contributed by atoms with Gasteiger partial charge in [0, 0.05) is 30.9 Å². The number of nitrogens with zero attached hydrogens (tertiary/aromatic N) is 2. The molecule has 23 heavy (non-hydrogen) atoms. The van der Waals surface area contributed by atoms with Crippen molar-refractivity contribution in [3.05, 3.63) is 0 Å². The molecule has 1 fully saturated rings. The molecule has 4 nitrogen and oxygen atoms in total. The van der Waals surface area contributed by atoms with E-state index in [0.717, 1.165) is 23.7 Å². The molecule has 0 radical (unpaired) electrons. The Morgan fingerprint density at radius 2 is 1.91 bits per heavy atom. The predicted molar refractivity (Wildman–Crippen MR) is 116 cm³/mol. The lowest BCUT2D eigenvalue weighted by Gasteiger charge is -2.32. The fraction of sp³-hybridized carbons (Fsp3) is 0.941. The van der Waals surface area contributed by atoms with Crippen molar-refractivity contribution in [1.82, 2.24) is 15.5 Å². The van der Waals surface area contributed by atoms with E-state index in [1.807, 2.05) is 18.8 Å². The van der Waals surface area contributed by atoms with Gasteiger partial charge in [-0.3, -0.25) is 4.99 Å². The smallest absolute Gasteiger partial charge is 0.191 e. The lowest BCUT2D eigenvalue weighted by atomic mass is 9.93. The molecule has 2 N–H and O–H groups in total. The van der Waals surface area contributed by atoms with E-state index in [-0.39, 0.29) is 24.0 Å². The average molecular weight is 456 g/mol. The van der Waals surface area contributed by atoms with Gasteiger partial charge in [-0.15, -0.1) is 24.0 Å². The molecule has 0 aromatic rings. The van der Waals surface area contributed by atoms with Gasteiger partial charge in [0.1, 0.15) is 0 Å². The minimum atomic E-state index is 0. The van der Waals surface area contributed by atoms with Crippen LogP contribution in [0.1, 0.15) is 46.0 Å². The number of halogens is 1. The van der Waals surface area contributed by atoms with Gasteiger partial charge >= 0.3 is 0 Å². The molecular formula is C17H37IN4S. The average Bonchev–Trinajstić information content (AvgIpc) is 2.97. The van der Waals surface area contributed by atoms with Gasteiger partial charge < -0.3 is 15.5 Å². The van der Waals surface area contributed by atoms with E-state index < -0.39 is 0 Å². The molecule has 0 aromatic heterocycles. The van der Waals surface area contributed by atoms with Crippen molar-refractivity contribution in [3.63, 3.8) is 0 Å². The SMILES string of the molecule is CCC(CC)C(CNC(=NC)NC1CCC(SC)C1)N(C)C.I. The number of rotatable bonds is 8. The molecule has 0 aromatic carbocycles. The highest BCUT2D eigenvalue weighted by atomic mass is 127. The minimum absolute atomic E-state index is 0. The number of thioether (sulfide) groups is 1. The summed E-state index contributed by atoms with van der Waals surface area (Å²) >= 11 is 2.00. The number of hydrogen-bond acceptors (Lipinski definition) is 3. The molecule has 3 atom stereocenters. The van der Waals surface area contributed by atoms with Crippen LogP contribution in [0.15, 0.2) is 4.99 Å². The molecule has 0 amide bonds. The zero-order chi connectivity index (χ0) is 16.5. The number of nitrogens with one attached hydrogen (secondary N) is 2. The third-order valence-corrected chi connectivity index (χ3v) is 6.11. The Labute approximate surface area is 165 Å². The minimum Gasteiger partial charge on any atom is -0.355 e. The zero-order valence-corrected chi connectivity index (χ0v) is 18.9. The van der Waals surface area contributed by atoms with E-state index in [1.165, 1.54) is 32.1 Å². The highest BCUT2D eigenvalue weighted by molar-refractivity contribution is 14.0. The van der Waals surface area contributed by atoms with Gasteiger partial charge in [-0.05, 0) is 45.5 Å². The van der Waals surface area contributed by atoms with Crippen molar-refractivity contribution >= 4 is 41.7 Å². The Balaban J connectivity index is 0.00000484. The largest absolute Gasteiger partial charge is 0.355 e. The normalized spacial score (nSPS) is 23.0. The number of aliphatic imine (C=N–C) groups is 1. The Morgan fingerprint density at radius 3 is 2.35 bits per heavy atom. The third-order valence-electron chi connectivity index (χ3n) is 5.02. The van der Waals surface area contributed by atoms with Gasteiger partial charge in [-0.1, -0.05) is 26.7 Å². The van der Waals surface area contributed by atoms with Crippen molar-refractivity contribution in [3.8, 4) is 0 Å². The molecule has 138 valence electrons. The maximum absolute atomic E-state index is 4.41. The van der Waals surface area contributed by atoms with E-state index in [2.05, 4.69) is 54.7 Å². The topological polar surface area (TPSA) is 39.7 Å². The maximum Gasteiger partial charge on any atom is 0.191 e. The highest BCUT2D eigenvalue weighted by Crippen LogP contribution is 2.28. The molecule has 1 aliphatic rings. The van der Waals surface area contributed by atoms with Crippen LogP contribution in [-0.2, 0) is 0 Å². The monoisotopic (exact) mass is 456 g/mol. The molecule has 0 bridgehead atoms. The summed E-state index contributed by atoms with van der Waals surface area (Å²) in [4.78, 5) is 6.76. The van der Waals surface area contributed by atoms with Crippen LogP contribution < -0.4 is 10.6 Å². The standard InChI is InChI=1S/C17H36N4S.HI/c1-7-13(8-2)16(21(4)5)12-19-17(18-3)20-14-9-10-15(11-14)22-6;/h13-16H,7-12H2,1-6H3,(H2,18,19,20);1H. The summed E-state index contributed by atoms with van der Waals surface area (Å²) in [6.07, 6.45) is 8.51. The van der Waals surface area contributed by atoms with Crippen LogP contribution in [0.5, 0.6) is 0 Å². The summed E-state index contributed by atoms with van der Waals surface area (Å²) in [5.74, 6) is 1.69. The Bertz CT molecular complexity index is 335. The second kappa shape index (κ2) is 12.6. The van der Waals surface area contributed by atoms with Gasteiger partial charge in [0.15, 0.2) is 5.96 Å². The van der Waals surface area contributed by atoms with Crippen LogP contribution in [0.2, 0.25) is 0 Å². The molecule has 0 aliphatic heterocycles. The summed E-state index contributed by atoms with van der Waals surface area (Å²) < 4.78 is 0. The fourth-order valence-corrected chi connectivity index (χ4v) is 4.27. The van der Waals surface area contributed by atoms with E-state index in [0.29, 0.717) is 12.1 Å². The second-order valence-corrected chi connectivity index (χ2v) is 7.71. The summed E-state index contributed by atoms with van der Waals surface area (Å²) in [6, 6.07) is 1.13. The van der Waals surface area contributed by atoms with E-state index in [4.69, 9.17) is 0 Å². The van der Waals surface area contributed by atoms with Gasteiger partial charge in [0.25, 0.3) is 0 Å². The van der Waals surface area contributed by atoms with Crippen LogP contribution in [0.3, 0.4) is 0 Å². The molecule has 3 unspecified atom stereocenters. The molecule has 0 spiro atoms. The molecule has 1 saturated carbocycles. The van der Waals surface area contributed by atoms with E-state index in [1.54, 1.807) is 0 Å². The Hall–Kier alpha value is 0.310. The van der Waals surface area contributed by atoms with E-state index >= 15 is 0 Å². The fourth-order valence-electron chi connectivity index (χ4n) is 3.48. The van der Waals surface area contributed by atoms with Gasteiger partial charge in [-0.25, -0.2) is 0 Å². The van der Waals surface area contributed by atoms with Crippen molar-refractivity contribution < 1.29 is 0 Å². The first-order valence-corrected chi connectivity index (χ1v) is 10.0. The van der Waals surface area contributed by atoms with Gasteiger partial charge in [-0.2, -0.15) is 11.8 Å². The first kappa shape index (κ1) is 23.3. The summed E-state index contributed by atoms with van der Waals surface area (Å²) in [6.45, 7) is 5.54. The van der Waals surface area contributed by atoms with Crippen LogP contribution >= 0.6 is 35.7 Å². The van der Waals surface area contributed by atoms with Crippen LogP contribution in [0.4, 0.5) is 0 Å². The predicted octanol–water partition coefficient (Wildman–Crippen LogP) is 3.42. The quantitative estimate of drug-likeness (QED) is 0.334. The van der Waals surface area contributed by atoms with Crippen molar-refractivity contribution in [2.24, 2.45) is 10.9 Å². The Morgan fingerprint density at radius 1 is 1.26 bits per heavy atom. The second-order valence-electron chi connectivity index (χ2n) is 6.57. The zero-order valence-electron chi connectivity index (χ0n) is 15.8. The number of guanidine groups is 1. The first-order chi connectivity index (χ1) is 10.5. The lowest BCUT2D eigenvalue weighted by molar-refractivity contribution is 0.200. The van der Waals surface area contributed by atoms with Crippen LogP contribution in [-0.4, -0.2) is 62.1 Å². The Kier molecular flexibility index (Phi) is 12.8. The number of likely N-dealkylation sites (N-methyl/N-ethyl adjacent to an activating group) is 1. The molecular weight excluding hydrogens is 419 g/mol. The lowest BCUT2D eigenvalue weighted by Crippen LogP contribution is -2.49. The van der Waals surface area contributed by atoms with E-state index in [9.17, 15) is 0 Å². The molecule has 6 heteroatoms. The van der Waals surface area contributed by atoms with Gasteiger partial charge in [0.05, 0.1) is 0 Å². The number of hydrogen-bond donors (Lipinski definition) is 2. The highest BCUT2D eigenvalue weighted by Gasteiger charge is 2.25.